The lowest BCUT2D eigenvalue weighted by Crippen LogP contribution is -1.95. The van der Waals surface area contributed by atoms with Crippen molar-refractivity contribution in [3.8, 4) is 0 Å². The Balaban J connectivity index is 1.80. The molecule has 4 heteroatoms. The minimum Gasteiger partial charge on any atom is -0.0721 e. The molecule has 0 aromatic rings. The van der Waals surface area contributed by atoms with Gasteiger partial charge in [-0.05, 0) is 36.5 Å². The van der Waals surface area contributed by atoms with Crippen molar-refractivity contribution in [2.45, 2.75) is 19.3 Å². The van der Waals surface area contributed by atoms with Crippen LogP contribution in [0.2, 0.25) is 0 Å². The summed E-state index contributed by atoms with van der Waals surface area (Å²) in [6.45, 7) is 0. The molecule has 0 heterocycles. The van der Waals surface area contributed by atoms with Crippen molar-refractivity contribution in [3.63, 3.8) is 0 Å². The number of rotatable bonds is 0. The molecule has 3 aliphatic carbocycles. The van der Waals surface area contributed by atoms with Crippen molar-refractivity contribution in [2.75, 3.05) is 0 Å². The average Bonchev–Trinajstić information content (AvgIpc) is 2.72. The van der Waals surface area contributed by atoms with E-state index in [1.165, 1.54) is 12.8 Å². The molecule has 0 bridgehead atoms. The van der Waals surface area contributed by atoms with E-state index in [4.69, 9.17) is 0 Å². The average molecular weight is 424 g/mol. The number of hydrogen-bond donors (Lipinski definition) is 0. The molecule has 3 rings (SSSR count). The van der Waals surface area contributed by atoms with Gasteiger partial charge < -0.3 is 0 Å². The minimum atomic E-state index is 0.309. The molecule has 3 fully saturated rings. The maximum absolute atomic E-state index is 3.75. The lowest BCUT2D eigenvalue weighted by molar-refractivity contribution is 0.457. The first-order valence-electron chi connectivity index (χ1n) is 4.21. The zero-order chi connectivity index (χ0) is 8.72. The zero-order valence-electron chi connectivity index (χ0n) is 6.24. The molecule has 0 saturated heterocycles. The van der Waals surface area contributed by atoms with Crippen LogP contribution in [0.1, 0.15) is 12.8 Å². The Bertz CT molecular complexity index is 201. The van der Waals surface area contributed by atoms with Crippen molar-refractivity contribution < 1.29 is 0 Å². The molecule has 3 aliphatic rings. The zero-order valence-corrected chi connectivity index (χ0v) is 12.6. The van der Waals surface area contributed by atoms with Gasteiger partial charge >= 0.3 is 0 Å². The Morgan fingerprint density at radius 2 is 0.917 bits per heavy atom. The van der Waals surface area contributed by atoms with E-state index in [0.29, 0.717) is 6.47 Å². The van der Waals surface area contributed by atoms with E-state index in [0.717, 1.165) is 23.7 Å². The fourth-order valence-electron chi connectivity index (χ4n) is 2.75. The molecule has 68 valence electrons. The summed E-state index contributed by atoms with van der Waals surface area (Å²) < 4.78 is 0.618. The SMILES string of the molecule is BrC1(Br)[C@@H]2C[C@H]3[C@H](C[C@@H]21)C3(Br)Br. The molecule has 0 radical (unpaired) electrons. The van der Waals surface area contributed by atoms with Gasteiger partial charge in [0.1, 0.15) is 0 Å². The van der Waals surface area contributed by atoms with Gasteiger partial charge in [-0.1, -0.05) is 63.7 Å². The van der Waals surface area contributed by atoms with Crippen molar-refractivity contribution >= 4 is 63.7 Å². The van der Waals surface area contributed by atoms with Crippen LogP contribution in [0.5, 0.6) is 0 Å². The maximum atomic E-state index is 3.75. The highest BCUT2D eigenvalue weighted by atomic mass is 79.9. The van der Waals surface area contributed by atoms with Crippen LogP contribution in [0.25, 0.3) is 0 Å². The van der Waals surface area contributed by atoms with Crippen LogP contribution in [0, 0.1) is 23.7 Å². The summed E-state index contributed by atoms with van der Waals surface area (Å²) in [7, 11) is 0. The number of fused-ring (bicyclic) bond motifs is 2. The van der Waals surface area contributed by atoms with Crippen molar-refractivity contribution in [3.05, 3.63) is 0 Å². The largest absolute Gasteiger partial charge is 0.0868 e. The second-order valence-electron chi connectivity index (χ2n) is 4.25. The number of halogens is 4. The van der Waals surface area contributed by atoms with Gasteiger partial charge in [-0.2, -0.15) is 0 Å². The number of alkyl halides is 4. The second kappa shape index (κ2) is 2.35. The van der Waals surface area contributed by atoms with Gasteiger partial charge in [-0.15, -0.1) is 0 Å². The smallest absolute Gasteiger partial charge is 0.0721 e. The van der Waals surface area contributed by atoms with Gasteiger partial charge in [-0.3, -0.25) is 0 Å². The Morgan fingerprint density at radius 3 is 1.17 bits per heavy atom. The normalized spacial score (nSPS) is 57.0. The molecule has 0 aromatic carbocycles. The third-order valence-corrected chi connectivity index (χ3v) is 8.45. The monoisotopic (exact) mass is 420 g/mol. The van der Waals surface area contributed by atoms with Crippen molar-refractivity contribution in [2.24, 2.45) is 23.7 Å². The highest BCUT2D eigenvalue weighted by Crippen LogP contribution is 2.79. The Labute approximate surface area is 106 Å². The predicted octanol–water partition coefficient (Wildman–Crippen LogP) is 4.24. The van der Waals surface area contributed by atoms with Gasteiger partial charge in [0.05, 0.1) is 6.47 Å². The summed E-state index contributed by atoms with van der Waals surface area (Å²) in [5.41, 5.74) is 0. The van der Waals surface area contributed by atoms with Gasteiger partial charge in [0.15, 0.2) is 0 Å². The maximum Gasteiger partial charge on any atom is 0.0868 e. The van der Waals surface area contributed by atoms with Crippen LogP contribution in [0.15, 0.2) is 0 Å². The quantitative estimate of drug-likeness (QED) is 0.511. The lowest BCUT2D eigenvalue weighted by Gasteiger charge is -2.02. The molecule has 0 nitrogen and oxygen atoms in total. The van der Waals surface area contributed by atoms with Crippen LogP contribution < -0.4 is 0 Å². The van der Waals surface area contributed by atoms with Gasteiger partial charge in [0.25, 0.3) is 0 Å². The summed E-state index contributed by atoms with van der Waals surface area (Å²) in [5.74, 6) is 3.48. The molecule has 0 aliphatic heterocycles. The predicted molar refractivity (Wildman–Crippen MR) is 64.4 cm³/mol. The highest BCUT2D eigenvalue weighted by molar-refractivity contribution is 9.26. The first-order valence-corrected chi connectivity index (χ1v) is 7.38. The molecule has 3 saturated carbocycles. The van der Waals surface area contributed by atoms with Crippen LogP contribution in [0.4, 0.5) is 0 Å². The standard InChI is InChI=1S/C8H8Br4/c9-7(10)3-1-4-6(2-5(3)7)8(4,11)12/h3-6H,1-2H2/t3-,4-,5-,6+/m0/s1. The molecule has 0 N–H and O–H groups in total. The molecular weight excluding hydrogens is 416 g/mol. The van der Waals surface area contributed by atoms with Crippen LogP contribution in [-0.2, 0) is 0 Å². The van der Waals surface area contributed by atoms with Crippen LogP contribution in [0.3, 0.4) is 0 Å². The molecule has 12 heavy (non-hydrogen) atoms. The third-order valence-electron chi connectivity index (χ3n) is 3.75. The Hall–Kier alpha value is 1.92. The molecular formula is C8H8Br4. The second-order valence-corrected chi connectivity index (χ2v) is 11.6. The summed E-state index contributed by atoms with van der Waals surface area (Å²) >= 11 is 15.0. The minimum absolute atomic E-state index is 0.309. The van der Waals surface area contributed by atoms with E-state index in [2.05, 4.69) is 63.7 Å². The van der Waals surface area contributed by atoms with E-state index in [1.807, 2.05) is 0 Å². The molecule has 4 atom stereocenters. The molecule has 0 aromatic heterocycles. The van der Waals surface area contributed by atoms with E-state index in [9.17, 15) is 0 Å². The van der Waals surface area contributed by atoms with E-state index < -0.39 is 0 Å². The Morgan fingerprint density at radius 1 is 0.667 bits per heavy atom. The fraction of sp³-hybridized carbons (Fsp3) is 1.00. The van der Waals surface area contributed by atoms with Crippen LogP contribution in [-0.4, -0.2) is 6.47 Å². The van der Waals surface area contributed by atoms with Crippen molar-refractivity contribution in [1.82, 2.24) is 0 Å². The highest BCUT2D eigenvalue weighted by Gasteiger charge is 2.75. The molecule has 0 amide bonds. The number of hydrogen-bond acceptors (Lipinski definition) is 0. The summed E-state index contributed by atoms with van der Waals surface area (Å²) in [5, 5.41) is 0. The molecule has 0 spiro atoms. The summed E-state index contributed by atoms with van der Waals surface area (Å²) in [6.07, 6.45) is 2.73. The van der Waals surface area contributed by atoms with E-state index >= 15 is 0 Å². The first kappa shape index (κ1) is 9.17. The first-order chi connectivity index (χ1) is 5.45. The van der Waals surface area contributed by atoms with Gasteiger partial charge in [-0.25, -0.2) is 0 Å². The fourth-order valence-corrected chi connectivity index (χ4v) is 6.27. The van der Waals surface area contributed by atoms with Gasteiger partial charge in [0, 0.05) is 0 Å². The third kappa shape index (κ3) is 0.989. The summed E-state index contributed by atoms with van der Waals surface area (Å²) in [6, 6.07) is 0. The van der Waals surface area contributed by atoms with Gasteiger partial charge in [0.2, 0.25) is 0 Å². The lowest BCUT2D eigenvalue weighted by atomic mass is 10.0. The van der Waals surface area contributed by atoms with Crippen molar-refractivity contribution in [1.29, 1.82) is 0 Å². The topological polar surface area (TPSA) is 0 Å². The molecule has 0 unspecified atom stereocenters. The van der Waals surface area contributed by atoms with E-state index in [1.54, 1.807) is 0 Å². The summed E-state index contributed by atoms with van der Waals surface area (Å²) in [4.78, 5) is 0. The van der Waals surface area contributed by atoms with E-state index in [-0.39, 0.29) is 0 Å². The van der Waals surface area contributed by atoms with Crippen LogP contribution >= 0.6 is 63.7 Å². The Kier molecular flexibility index (Phi) is 1.80.